The van der Waals surface area contributed by atoms with E-state index in [1.165, 1.54) is 5.56 Å². The molecule has 23 heavy (non-hydrogen) atoms. The number of hydrogen-bond donors (Lipinski definition) is 1. The van der Waals surface area contributed by atoms with Gasteiger partial charge in [-0.3, -0.25) is 4.79 Å². The van der Waals surface area contributed by atoms with Gasteiger partial charge in [0.2, 0.25) is 5.91 Å². The molecular weight excluding hydrogens is 304 g/mol. The highest BCUT2D eigenvalue weighted by Gasteiger charge is 2.15. The highest BCUT2D eigenvalue weighted by Crippen LogP contribution is 2.21. The molecule has 2 aromatic carbocycles. The summed E-state index contributed by atoms with van der Waals surface area (Å²) in [5, 5.41) is 2.97. The molecule has 2 aromatic rings. The molecule has 1 amide bonds. The first-order chi connectivity index (χ1) is 11.1. The third kappa shape index (κ3) is 5.73. The largest absolute Gasteiger partial charge is 0.325 e. The molecule has 0 unspecified atom stereocenters. The van der Waals surface area contributed by atoms with E-state index in [2.05, 4.69) is 28.4 Å². The van der Waals surface area contributed by atoms with E-state index in [4.69, 9.17) is 0 Å². The molecule has 0 heterocycles. The van der Waals surface area contributed by atoms with Crippen LogP contribution in [-0.2, 0) is 17.1 Å². The molecule has 0 aliphatic heterocycles. The minimum absolute atomic E-state index is 0.0529. The fourth-order valence-electron chi connectivity index (χ4n) is 2.23. The number of nitrogens with zero attached hydrogens (tertiary/aromatic N) is 1. The van der Waals surface area contributed by atoms with Crippen LogP contribution in [0.1, 0.15) is 18.1 Å². The second-order valence-corrected chi connectivity index (χ2v) is 7.15. The summed E-state index contributed by atoms with van der Waals surface area (Å²) in [6.45, 7) is 2.76. The Morgan fingerprint density at radius 3 is 2.43 bits per heavy atom. The number of carbonyl (C=O) groups is 1. The van der Waals surface area contributed by atoms with Crippen molar-refractivity contribution in [3.05, 3.63) is 65.7 Å². The highest BCUT2D eigenvalue weighted by atomic mass is 32.2. The van der Waals surface area contributed by atoms with Crippen LogP contribution >= 0.6 is 11.8 Å². The average Bonchev–Trinajstić information content (AvgIpc) is 2.55. The van der Waals surface area contributed by atoms with Crippen LogP contribution in [0.5, 0.6) is 0 Å². The number of hydrogen-bond acceptors (Lipinski definition) is 3. The van der Waals surface area contributed by atoms with Crippen LogP contribution in [0.4, 0.5) is 5.69 Å². The van der Waals surface area contributed by atoms with Crippen molar-refractivity contribution in [1.29, 1.82) is 0 Å². The van der Waals surface area contributed by atoms with E-state index in [-0.39, 0.29) is 11.2 Å². The van der Waals surface area contributed by atoms with E-state index < -0.39 is 0 Å². The molecule has 0 saturated heterocycles. The summed E-state index contributed by atoms with van der Waals surface area (Å²) in [5.74, 6) is 0.895. The molecule has 3 nitrogen and oxygen atoms in total. The topological polar surface area (TPSA) is 32.3 Å². The first-order valence-electron chi connectivity index (χ1n) is 7.75. The van der Waals surface area contributed by atoms with E-state index in [0.717, 1.165) is 23.5 Å². The molecule has 2 rings (SSSR count). The number of anilines is 1. The zero-order valence-electron chi connectivity index (χ0n) is 14.0. The maximum absolute atomic E-state index is 12.4. The third-order valence-electron chi connectivity index (χ3n) is 3.47. The standard InChI is InChI=1S/C19H24N2OS/c1-15(23-14-16-9-5-4-6-10-16)19(22)20-18-12-8-7-11-17(18)13-21(2)3/h4-12,15H,13-14H2,1-3H3,(H,20,22)/t15-/m1/s1. The summed E-state index contributed by atoms with van der Waals surface area (Å²) in [5.41, 5.74) is 3.27. The van der Waals surface area contributed by atoms with Crippen LogP contribution in [0.25, 0.3) is 0 Å². The van der Waals surface area contributed by atoms with Crippen molar-refractivity contribution in [1.82, 2.24) is 4.90 Å². The minimum atomic E-state index is -0.0948. The van der Waals surface area contributed by atoms with Crippen molar-refractivity contribution in [3.8, 4) is 0 Å². The Bertz CT molecular complexity index is 628. The Kier molecular flexibility index (Phi) is 6.68. The fourth-order valence-corrected chi connectivity index (χ4v) is 3.07. The van der Waals surface area contributed by atoms with Gasteiger partial charge in [-0.25, -0.2) is 0 Å². The summed E-state index contributed by atoms with van der Waals surface area (Å²) in [7, 11) is 4.05. The maximum atomic E-state index is 12.4. The van der Waals surface area contributed by atoms with Gasteiger partial charge in [0.1, 0.15) is 0 Å². The van der Waals surface area contributed by atoms with Crippen LogP contribution in [-0.4, -0.2) is 30.2 Å². The Hall–Kier alpha value is -1.78. The molecule has 122 valence electrons. The SMILES string of the molecule is C[C@@H](SCc1ccccc1)C(=O)Nc1ccccc1CN(C)C. The normalized spacial score (nSPS) is 12.2. The predicted octanol–water partition coefficient (Wildman–Crippen LogP) is 4.01. The third-order valence-corrected chi connectivity index (χ3v) is 4.69. The number of carbonyl (C=O) groups excluding carboxylic acids is 1. The molecule has 0 spiro atoms. The number of nitrogens with one attached hydrogen (secondary N) is 1. The van der Waals surface area contributed by atoms with E-state index in [0.29, 0.717) is 0 Å². The summed E-state index contributed by atoms with van der Waals surface area (Å²) in [4.78, 5) is 14.5. The summed E-state index contributed by atoms with van der Waals surface area (Å²) >= 11 is 1.65. The van der Waals surface area contributed by atoms with Gasteiger partial charge in [-0.15, -0.1) is 11.8 Å². The maximum Gasteiger partial charge on any atom is 0.237 e. The number of amides is 1. The molecule has 4 heteroatoms. The van der Waals surface area contributed by atoms with Gasteiger partial charge < -0.3 is 10.2 Å². The summed E-state index contributed by atoms with van der Waals surface area (Å²) in [6.07, 6.45) is 0. The van der Waals surface area contributed by atoms with Gasteiger partial charge in [-0.1, -0.05) is 48.5 Å². The van der Waals surface area contributed by atoms with E-state index in [1.54, 1.807) is 11.8 Å². The second kappa shape index (κ2) is 8.75. The lowest BCUT2D eigenvalue weighted by molar-refractivity contribution is -0.115. The quantitative estimate of drug-likeness (QED) is 0.833. The molecule has 0 saturated carbocycles. The van der Waals surface area contributed by atoms with Crippen LogP contribution in [0.2, 0.25) is 0 Å². The zero-order valence-corrected chi connectivity index (χ0v) is 14.8. The number of benzene rings is 2. The van der Waals surface area contributed by atoms with Gasteiger partial charge in [0.05, 0.1) is 5.25 Å². The summed E-state index contributed by atoms with van der Waals surface area (Å²) < 4.78 is 0. The van der Waals surface area contributed by atoms with Crippen molar-refractivity contribution >= 4 is 23.4 Å². The molecule has 0 aromatic heterocycles. The van der Waals surface area contributed by atoms with E-state index in [9.17, 15) is 4.79 Å². The van der Waals surface area contributed by atoms with Crippen molar-refractivity contribution in [2.75, 3.05) is 19.4 Å². The van der Waals surface area contributed by atoms with Gasteiger partial charge in [0.15, 0.2) is 0 Å². The number of thioether (sulfide) groups is 1. The first-order valence-corrected chi connectivity index (χ1v) is 8.80. The lowest BCUT2D eigenvalue weighted by Crippen LogP contribution is -2.24. The number of rotatable bonds is 7. The van der Waals surface area contributed by atoms with Crippen LogP contribution < -0.4 is 5.32 Å². The molecule has 1 atom stereocenters. The molecule has 0 fully saturated rings. The lowest BCUT2D eigenvalue weighted by Gasteiger charge is -2.17. The van der Waals surface area contributed by atoms with Crippen molar-refractivity contribution in [2.45, 2.75) is 24.5 Å². The van der Waals surface area contributed by atoms with Crippen molar-refractivity contribution < 1.29 is 4.79 Å². The molecule has 1 N–H and O–H groups in total. The van der Waals surface area contributed by atoms with Crippen LogP contribution in [0, 0.1) is 0 Å². The lowest BCUT2D eigenvalue weighted by atomic mass is 10.1. The molecular formula is C19H24N2OS. The molecule has 0 aliphatic carbocycles. The van der Waals surface area contributed by atoms with E-state index >= 15 is 0 Å². The smallest absolute Gasteiger partial charge is 0.237 e. The minimum Gasteiger partial charge on any atom is -0.325 e. The van der Waals surface area contributed by atoms with Gasteiger partial charge in [0.25, 0.3) is 0 Å². The predicted molar refractivity (Wildman–Crippen MR) is 99.7 cm³/mol. The summed E-state index contributed by atoms with van der Waals surface area (Å²) in [6, 6.07) is 18.2. The Balaban J connectivity index is 1.93. The van der Waals surface area contributed by atoms with Gasteiger partial charge in [-0.05, 0) is 38.2 Å². The van der Waals surface area contributed by atoms with Gasteiger partial charge >= 0.3 is 0 Å². The van der Waals surface area contributed by atoms with Crippen LogP contribution in [0.3, 0.4) is 0 Å². The van der Waals surface area contributed by atoms with Gasteiger partial charge in [0, 0.05) is 18.0 Å². The Morgan fingerprint density at radius 2 is 1.74 bits per heavy atom. The Morgan fingerprint density at radius 1 is 1.09 bits per heavy atom. The monoisotopic (exact) mass is 328 g/mol. The first kappa shape index (κ1) is 17.6. The van der Waals surface area contributed by atoms with Crippen molar-refractivity contribution in [2.24, 2.45) is 0 Å². The highest BCUT2D eigenvalue weighted by molar-refractivity contribution is 7.99. The molecule has 0 bridgehead atoms. The number of para-hydroxylation sites is 1. The van der Waals surface area contributed by atoms with Crippen molar-refractivity contribution in [3.63, 3.8) is 0 Å². The van der Waals surface area contributed by atoms with Crippen LogP contribution in [0.15, 0.2) is 54.6 Å². The average molecular weight is 328 g/mol. The molecule has 0 aliphatic rings. The second-order valence-electron chi connectivity index (χ2n) is 5.82. The molecule has 0 radical (unpaired) electrons. The zero-order chi connectivity index (χ0) is 16.7. The van der Waals surface area contributed by atoms with E-state index in [1.807, 2.05) is 57.4 Å². The van der Waals surface area contributed by atoms with Gasteiger partial charge in [-0.2, -0.15) is 0 Å². The Labute approximate surface area is 143 Å². The fraction of sp³-hybridized carbons (Fsp3) is 0.316.